The number of esters is 1. The molecule has 0 aliphatic rings. The topological polar surface area (TPSA) is 43.6 Å². The summed E-state index contributed by atoms with van der Waals surface area (Å²) in [5.74, 6) is -3.83. The van der Waals surface area contributed by atoms with Gasteiger partial charge >= 0.3 is 5.97 Å². The second-order valence-electron chi connectivity index (χ2n) is 5.16. The lowest BCUT2D eigenvalue weighted by Crippen LogP contribution is -2.05. The highest BCUT2D eigenvalue weighted by Crippen LogP contribution is 2.37. The molecule has 1 aromatic carbocycles. The highest BCUT2D eigenvalue weighted by atomic mass is 32.1. The quantitative estimate of drug-likeness (QED) is 0.521. The fourth-order valence-electron chi connectivity index (χ4n) is 2.53. The Labute approximate surface area is 139 Å². The van der Waals surface area contributed by atoms with E-state index >= 15 is 0 Å². The van der Waals surface area contributed by atoms with E-state index in [2.05, 4.69) is 5.10 Å². The molecule has 24 heavy (non-hydrogen) atoms. The van der Waals surface area contributed by atoms with Crippen molar-refractivity contribution in [2.24, 2.45) is 0 Å². The molecule has 0 aliphatic carbocycles. The summed E-state index contributed by atoms with van der Waals surface area (Å²) in [6.45, 7) is 5.19. The van der Waals surface area contributed by atoms with Gasteiger partial charge in [-0.2, -0.15) is 5.10 Å². The smallest absolute Gasteiger partial charge is 0.350 e. The Hall–Kier alpha value is -2.35. The number of benzene rings is 1. The number of thiazole rings is 1. The number of aromatic nitrogens is 2. The number of aryl methyl sites for hydroxylation is 2. The fourth-order valence-corrected chi connectivity index (χ4v) is 3.72. The number of nitrogens with zero attached hydrogens (tertiary/aromatic N) is 2. The molecular formula is C16H13F3N2O2S. The molecule has 4 nitrogen and oxygen atoms in total. The number of carbonyl (C=O) groups is 1. The number of halogens is 3. The molecule has 0 bridgehead atoms. The molecule has 0 spiro atoms. The Morgan fingerprint density at radius 3 is 2.67 bits per heavy atom. The standard InChI is InChI=1S/C16H13F3N2O2S/c1-4-23-16(22)14-8(3)21-15(24-14)12(7(2)20-21)10-5-9(17)6-11(18)13(10)19/h5-6H,4H2,1-3H3. The molecule has 0 aliphatic heterocycles. The molecule has 3 rings (SSSR count). The maximum Gasteiger partial charge on any atom is 0.350 e. The normalized spacial score (nSPS) is 11.2. The van der Waals surface area contributed by atoms with Gasteiger partial charge in [0.2, 0.25) is 0 Å². The van der Waals surface area contributed by atoms with E-state index in [1.54, 1.807) is 20.8 Å². The summed E-state index contributed by atoms with van der Waals surface area (Å²) in [4.78, 5) is 12.7. The van der Waals surface area contributed by atoms with Crippen LogP contribution in [0.15, 0.2) is 12.1 Å². The molecule has 0 atom stereocenters. The first kappa shape index (κ1) is 16.5. The first-order chi connectivity index (χ1) is 11.3. The lowest BCUT2D eigenvalue weighted by atomic mass is 10.1. The third-order valence-corrected chi connectivity index (χ3v) is 4.82. The van der Waals surface area contributed by atoms with Crippen LogP contribution in [0.25, 0.3) is 16.0 Å². The Morgan fingerprint density at radius 2 is 2.00 bits per heavy atom. The predicted molar refractivity (Wildman–Crippen MR) is 83.8 cm³/mol. The first-order valence-corrected chi connectivity index (χ1v) is 7.97. The van der Waals surface area contributed by atoms with Gasteiger partial charge in [0.05, 0.1) is 18.0 Å². The van der Waals surface area contributed by atoms with Crippen LogP contribution in [0.3, 0.4) is 0 Å². The second kappa shape index (κ2) is 5.94. The SMILES string of the molecule is CCOC(=O)c1sc2c(-c3cc(F)cc(F)c3F)c(C)nn2c1C. The molecule has 8 heteroatoms. The minimum atomic E-state index is -1.28. The van der Waals surface area contributed by atoms with Crippen LogP contribution >= 0.6 is 11.3 Å². The van der Waals surface area contributed by atoms with Crippen LogP contribution in [0.4, 0.5) is 13.2 Å². The van der Waals surface area contributed by atoms with Crippen molar-refractivity contribution >= 4 is 22.1 Å². The maximum atomic E-state index is 14.2. The fraction of sp³-hybridized carbons (Fsp3) is 0.250. The van der Waals surface area contributed by atoms with Crippen LogP contribution < -0.4 is 0 Å². The third-order valence-electron chi connectivity index (χ3n) is 3.59. The van der Waals surface area contributed by atoms with Crippen molar-refractivity contribution in [1.29, 1.82) is 0 Å². The molecule has 0 saturated carbocycles. The molecule has 0 amide bonds. The Kier molecular flexibility index (Phi) is 4.08. The molecule has 3 aromatic rings. The van der Waals surface area contributed by atoms with Gasteiger partial charge in [0.25, 0.3) is 0 Å². The lowest BCUT2D eigenvalue weighted by Gasteiger charge is -2.03. The third kappa shape index (κ3) is 2.47. The number of hydrogen-bond acceptors (Lipinski definition) is 4. The van der Waals surface area contributed by atoms with Gasteiger partial charge in [-0.1, -0.05) is 0 Å². The van der Waals surface area contributed by atoms with E-state index in [1.807, 2.05) is 0 Å². The molecule has 0 unspecified atom stereocenters. The molecule has 126 valence electrons. The zero-order valence-corrected chi connectivity index (χ0v) is 13.9. The van der Waals surface area contributed by atoms with Crippen molar-refractivity contribution in [3.8, 4) is 11.1 Å². The molecule has 2 heterocycles. The Balaban J connectivity index is 2.28. The van der Waals surface area contributed by atoms with Crippen molar-refractivity contribution in [2.75, 3.05) is 6.61 Å². The minimum Gasteiger partial charge on any atom is -0.462 e. The number of carbonyl (C=O) groups excluding carboxylic acids is 1. The number of fused-ring (bicyclic) bond motifs is 1. The summed E-state index contributed by atoms with van der Waals surface area (Å²) in [6, 6.07) is 1.40. The van der Waals surface area contributed by atoms with Crippen LogP contribution in [0.5, 0.6) is 0 Å². The number of rotatable bonds is 3. The van der Waals surface area contributed by atoms with Crippen molar-refractivity contribution in [3.63, 3.8) is 0 Å². The summed E-state index contributed by atoms with van der Waals surface area (Å²) in [7, 11) is 0. The van der Waals surface area contributed by atoms with Crippen molar-refractivity contribution in [3.05, 3.63) is 45.8 Å². The van der Waals surface area contributed by atoms with Crippen molar-refractivity contribution in [2.45, 2.75) is 20.8 Å². The van der Waals surface area contributed by atoms with Gasteiger partial charge in [0, 0.05) is 17.2 Å². The lowest BCUT2D eigenvalue weighted by molar-refractivity contribution is 0.0530. The van der Waals surface area contributed by atoms with Gasteiger partial charge in [-0.05, 0) is 26.8 Å². The highest BCUT2D eigenvalue weighted by molar-refractivity contribution is 7.19. The minimum absolute atomic E-state index is 0.216. The molecule has 0 radical (unpaired) electrons. The van der Waals surface area contributed by atoms with E-state index in [1.165, 1.54) is 4.52 Å². The van der Waals surface area contributed by atoms with Crippen LogP contribution in [-0.2, 0) is 4.74 Å². The van der Waals surface area contributed by atoms with Gasteiger partial charge < -0.3 is 4.74 Å². The molecule has 0 saturated heterocycles. The Bertz CT molecular complexity index is 962. The molecule has 0 N–H and O–H groups in total. The van der Waals surface area contributed by atoms with Crippen LogP contribution in [-0.4, -0.2) is 22.2 Å². The van der Waals surface area contributed by atoms with E-state index in [0.29, 0.717) is 27.2 Å². The van der Waals surface area contributed by atoms with Gasteiger partial charge in [-0.15, -0.1) is 11.3 Å². The van der Waals surface area contributed by atoms with Crippen LogP contribution in [0, 0.1) is 31.3 Å². The number of hydrogen-bond donors (Lipinski definition) is 0. The van der Waals surface area contributed by atoms with Gasteiger partial charge in [-0.25, -0.2) is 22.5 Å². The summed E-state index contributed by atoms with van der Waals surface area (Å²) >= 11 is 1.05. The van der Waals surface area contributed by atoms with Gasteiger partial charge in [0.15, 0.2) is 11.6 Å². The first-order valence-electron chi connectivity index (χ1n) is 7.15. The molecule has 0 fully saturated rings. The maximum absolute atomic E-state index is 14.2. The van der Waals surface area contributed by atoms with Gasteiger partial charge in [0.1, 0.15) is 15.5 Å². The largest absolute Gasteiger partial charge is 0.462 e. The summed E-state index contributed by atoms with van der Waals surface area (Å²) in [6.07, 6.45) is 0. The van der Waals surface area contributed by atoms with Crippen molar-refractivity contribution < 1.29 is 22.7 Å². The zero-order chi connectivity index (χ0) is 17.6. The molecular weight excluding hydrogens is 341 g/mol. The molecule has 2 aromatic heterocycles. The van der Waals surface area contributed by atoms with E-state index in [0.717, 1.165) is 17.4 Å². The van der Waals surface area contributed by atoms with E-state index in [4.69, 9.17) is 4.74 Å². The summed E-state index contributed by atoms with van der Waals surface area (Å²) in [5, 5.41) is 4.26. The monoisotopic (exact) mass is 354 g/mol. The van der Waals surface area contributed by atoms with E-state index in [9.17, 15) is 18.0 Å². The average Bonchev–Trinajstić information content (AvgIpc) is 2.99. The highest BCUT2D eigenvalue weighted by Gasteiger charge is 2.25. The van der Waals surface area contributed by atoms with Crippen LogP contribution in [0.2, 0.25) is 0 Å². The predicted octanol–water partition coefficient (Wildman–Crippen LogP) is 4.27. The van der Waals surface area contributed by atoms with Gasteiger partial charge in [-0.3, -0.25) is 0 Å². The van der Waals surface area contributed by atoms with Crippen LogP contribution in [0.1, 0.15) is 28.0 Å². The second-order valence-corrected chi connectivity index (χ2v) is 6.16. The average molecular weight is 354 g/mol. The number of ether oxygens (including phenoxy) is 1. The van der Waals surface area contributed by atoms with Crippen molar-refractivity contribution in [1.82, 2.24) is 9.61 Å². The summed E-state index contributed by atoms with van der Waals surface area (Å²) < 4.78 is 47.7. The zero-order valence-electron chi connectivity index (χ0n) is 13.1. The van der Waals surface area contributed by atoms with E-state index in [-0.39, 0.29) is 17.7 Å². The summed E-state index contributed by atoms with van der Waals surface area (Å²) in [5.41, 5.74) is 0.968. The Morgan fingerprint density at radius 1 is 1.29 bits per heavy atom. The van der Waals surface area contributed by atoms with E-state index < -0.39 is 23.4 Å².